The van der Waals surface area contributed by atoms with Crippen LogP contribution < -0.4 is 4.90 Å². The van der Waals surface area contributed by atoms with Crippen molar-refractivity contribution in [3.05, 3.63) is 52.3 Å². The van der Waals surface area contributed by atoms with Gasteiger partial charge in [0.2, 0.25) is 5.95 Å². The maximum absolute atomic E-state index is 5.97. The fourth-order valence-corrected chi connectivity index (χ4v) is 3.85. The molecule has 0 aromatic carbocycles. The highest BCUT2D eigenvalue weighted by Crippen LogP contribution is 2.29. The third kappa shape index (κ3) is 3.40. The van der Waals surface area contributed by atoms with Gasteiger partial charge in [-0.1, -0.05) is 0 Å². The first-order chi connectivity index (χ1) is 12.2. The van der Waals surface area contributed by atoms with E-state index in [1.165, 1.54) is 5.69 Å². The van der Waals surface area contributed by atoms with Gasteiger partial charge in [-0.2, -0.15) is 0 Å². The highest BCUT2D eigenvalue weighted by Gasteiger charge is 2.30. The van der Waals surface area contributed by atoms with E-state index in [2.05, 4.69) is 34.8 Å². The average Bonchev–Trinajstić information content (AvgIpc) is 3.21. The van der Waals surface area contributed by atoms with Crippen molar-refractivity contribution in [3.8, 4) is 0 Å². The van der Waals surface area contributed by atoms with Gasteiger partial charge in [-0.15, -0.1) is 11.3 Å². The van der Waals surface area contributed by atoms with Crippen molar-refractivity contribution in [1.82, 2.24) is 24.5 Å². The number of aryl methyl sites for hydroxylation is 2. The summed E-state index contributed by atoms with van der Waals surface area (Å²) < 4.78 is 8.07. The molecule has 8 heteroatoms. The monoisotopic (exact) mass is 356 g/mol. The zero-order valence-corrected chi connectivity index (χ0v) is 15.1. The van der Waals surface area contributed by atoms with Crippen LogP contribution in [0.1, 0.15) is 28.0 Å². The fourth-order valence-electron chi connectivity index (χ4n) is 3.25. The van der Waals surface area contributed by atoms with E-state index in [-0.39, 0.29) is 5.92 Å². The molecule has 25 heavy (non-hydrogen) atoms. The molecule has 0 aliphatic carbocycles. The summed E-state index contributed by atoms with van der Waals surface area (Å²) in [5.41, 5.74) is 3.30. The quantitative estimate of drug-likeness (QED) is 0.699. The first-order valence-electron chi connectivity index (χ1n) is 8.21. The standard InChI is InChI=1S/C17H20N6OS/c1-12-21-14(10-25-12)9-24-8-13-6-23(17-18-4-3-5-19-17)7-15-16(13)22(2)11-20-15/h3-5,10-11,13H,6-9H2,1-2H3/t13-/m1/s1. The Bertz CT molecular complexity index is 846. The SMILES string of the molecule is Cc1nc(COC[C@H]2CN(c3ncccn3)Cc3ncn(C)c32)cs1. The van der Waals surface area contributed by atoms with E-state index >= 15 is 0 Å². The lowest BCUT2D eigenvalue weighted by Gasteiger charge is -2.32. The van der Waals surface area contributed by atoms with E-state index in [0.29, 0.717) is 13.2 Å². The summed E-state index contributed by atoms with van der Waals surface area (Å²) in [7, 11) is 2.04. The molecule has 0 spiro atoms. The summed E-state index contributed by atoms with van der Waals surface area (Å²) >= 11 is 1.65. The van der Waals surface area contributed by atoms with Crippen LogP contribution in [0, 0.1) is 6.92 Å². The molecule has 0 radical (unpaired) electrons. The van der Waals surface area contributed by atoms with E-state index in [0.717, 1.165) is 35.4 Å². The molecule has 0 amide bonds. The number of anilines is 1. The molecule has 0 unspecified atom stereocenters. The van der Waals surface area contributed by atoms with Crippen molar-refractivity contribution in [3.63, 3.8) is 0 Å². The van der Waals surface area contributed by atoms with Crippen molar-refractivity contribution in [2.75, 3.05) is 18.1 Å². The van der Waals surface area contributed by atoms with Gasteiger partial charge in [-0.25, -0.2) is 19.9 Å². The molecule has 0 saturated carbocycles. The van der Waals surface area contributed by atoms with Crippen molar-refractivity contribution in [1.29, 1.82) is 0 Å². The van der Waals surface area contributed by atoms with Gasteiger partial charge in [0.05, 0.1) is 42.5 Å². The average molecular weight is 356 g/mol. The van der Waals surface area contributed by atoms with Crippen LogP contribution in [0.2, 0.25) is 0 Å². The second kappa shape index (κ2) is 6.89. The molecule has 7 nitrogen and oxygen atoms in total. The number of rotatable bonds is 5. The number of ether oxygens (including phenoxy) is 1. The predicted octanol–water partition coefficient (Wildman–Crippen LogP) is 2.30. The van der Waals surface area contributed by atoms with E-state index < -0.39 is 0 Å². The van der Waals surface area contributed by atoms with Gasteiger partial charge in [0.1, 0.15) is 0 Å². The second-order valence-corrected chi connectivity index (χ2v) is 7.25. The first kappa shape index (κ1) is 16.2. The maximum atomic E-state index is 5.97. The van der Waals surface area contributed by atoms with Gasteiger partial charge < -0.3 is 14.2 Å². The molecule has 4 heterocycles. The van der Waals surface area contributed by atoms with Gasteiger partial charge in [0.25, 0.3) is 0 Å². The van der Waals surface area contributed by atoms with Gasteiger partial charge in [-0.3, -0.25) is 0 Å². The Morgan fingerprint density at radius 3 is 2.88 bits per heavy atom. The fraction of sp³-hybridized carbons (Fsp3) is 0.412. The lowest BCUT2D eigenvalue weighted by atomic mass is 9.99. The van der Waals surface area contributed by atoms with E-state index in [1.807, 2.05) is 26.4 Å². The minimum absolute atomic E-state index is 0.222. The second-order valence-electron chi connectivity index (χ2n) is 6.19. The van der Waals surface area contributed by atoms with Crippen molar-refractivity contribution in [2.24, 2.45) is 7.05 Å². The summed E-state index contributed by atoms with van der Waals surface area (Å²) in [6.07, 6.45) is 5.41. The van der Waals surface area contributed by atoms with Crippen LogP contribution in [0.3, 0.4) is 0 Å². The lowest BCUT2D eigenvalue weighted by molar-refractivity contribution is 0.102. The molecule has 0 bridgehead atoms. The number of nitrogens with zero attached hydrogens (tertiary/aromatic N) is 6. The summed E-state index contributed by atoms with van der Waals surface area (Å²) in [5, 5.41) is 3.12. The Morgan fingerprint density at radius 2 is 2.12 bits per heavy atom. The molecular weight excluding hydrogens is 336 g/mol. The number of hydrogen-bond donors (Lipinski definition) is 0. The summed E-state index contributed by atoms with van der Waals surface area (Å²) in [6.45, 7) is 4.70. The topological polar surface area (TPSA) is 69.0 Å². The molecule has 0 fully saturated rings. The van der Waals surface area contributed by atoms with Crippen molar-refractivity contribution < 1.29 is 4.74 Å². The van der Waals surface area contributed by atoms with E-state index in [9.17, 15) is 0 Å². The van der Waals surface area contributed by atoms with Crippen molar-refractivity contribution >= 4 is 17.3 Å². The van der Waals surface area contributed by atoms with Crippen LogP contribution in [-0.4, -0.2) is 37.7 Å². The van der Waals surface area contributed by atoms with Crippen LogP contribution in [0.15, 0.2) is 30.2 Å². The summed E-state index contributed by atoms with van der Waals surface area (Å²) in [5.74, 6) is 0.957. The smallest absolute Gasteiger partial charge is 0.225 e. The predicted molar refractivity (Wildman–Crippen MR) is 95.5 cm³/mol. The number of hydrogen-bond acceptors (Lipinski definition) is 7. The Kier molecular flexibility index (Phi) is 4.46. The largest absolute Gasteiger partial charge is 0.374 e. The molecular formula is C17H20N6OS. The third-order valence-corrected chi connectivity index (χ3v) is 5.12. The number of fused-ring (bicyclic) bond motifs is 1. The van der Waals surface area contributed by atoms with Gasteiger partial charge in [-0.05, 0) is 13.0 Å². The van der Waals surface area contributed by atoms with E-state index in [1.54, 1.807) is 23.7 Å². The van der Waals surface area contributed by atoms with Crippen LogP contribution in [0.4, 0.5) is 5.95 Å². The molecule has 1 atom stereocenters. The Balaban J connectivity index is 1.49. The molecule has 0 saturated heterocycles. The maximum Gasteiger partial charge on any atom is 0.225 e. The van der Waals surface area contributed by atoms with Gasteiger partial charge >= 0.3 is 0 Å². The van der Waals surface area contributed by atoms with Gasteiger partial charge in [0, 0.05) is 43.0 Å². The number of imidazole rings is 1. The first-order valence-corrected chi connectivity index (χ1v) is 9.09. The van der Waals surface area contributed by atoms with Crippen LogP contribution in [0.25, 0.3) is 0 Å². The zero-order chi connectivity index (χ0) is 17.2. The Morgan fingerprint density at radius 1 is 1.28 bits per heavy atom. The number of aromatic nitrogens is 5. The van der Waals surface area contributed by atoms with Crippen LogP contribution in [-0.2, 0) is 24.9 Å². The summed E-state index contributed by atoms with van der Waals surface area (Å²) in [4.78, 5) is 19.9. The number of thiazole rings is 1. The van der Waals surface area contributed by atoms with Crippen LogP contribution in [0.5, 0.6) is 0 Å². The Labute approximate surface area is 150 Å². The molecule has 1 aliphatic heterocycles. The van der Waals surface area contributed by atoms with Gasteiger partial charge in [0.15, 0.2) is 0 Å². The molecule has 1 aliphatic rings. The zero-order valence-electron chi connectivity index (χ0n) is 14.3. The van der Waals surface area contributed by atoms with Crippen LogP contribution >= 0.6 is 11.3 Å². The highest BCUT2D eigenvalue weighted by molar-refractivity contribution is 7.09. The molecule has 3 aromatic heterocycles. The summed E-state index contributed by atoms with van der Waals surface area (Å²) in [6, 6.07) is 1.83. The molecule has 0 N–H and O–H groups in total. The Hall–Kier alpha value is -2.32. The van der Waals surface area contributed by atoms with Crippen molar-refractivity contribution in [2.45, 2.75) is 26.0 Å². The third-order valence-electron chi connectivity index (χ3n) is 4.30. The highest BCUT2D eigenvalue weighted by atomic mass is 32.1. The van der Waals surface area contributed by atoms with E-state index in [4.69, 9.17) is 4.74 Å². The molecule has 4 rings (SSSR count). The normalized spacial score (nSPS) is 16.9. The lowest BCUT2D eigenvalue weighted by Crippen LogP contribution is -2.37. The minimum Gasteiger partial charge on any atom is -0.374 e. The molecule has 130 valence electrons. The minimum atomic E-state index is 0.222. The molecule has 3 aromatic rings.